The lowest BCUT2D eigenvalue weighted by Crippen LogP contribution is -2.58. The summed E-state index contributed by atoms with van der Waals surface area (Å²) in [7, 11) is 0. The molecule has 0 aliphatic carbocycles. The molecule has 38 heavy (non-hydrogen) atoms. The number of benzene rings is 1. The Morgan fingerprint density at radius 3 is 2.45 bits per heavy atom. The molecule has 2 aromatic heterocycles. The highest BCUT2D eigenvalue weighted by molar-refractivity contribution is 7.19. The molecule has 1 saturated heterocycles. The maximum atomic E-state index is 15.6. The van der Waals surface area contributed by atoms with Crippen LogP contribution in [0.4, 0.5) is 20.0 Å². The Morgan fingerprint density at radius 1 is 1.16 bits per heavy atom. The van der Waals surface area contributed by atoms with Gasteiger partial charge in [0.2, 0.25) is 11.2 Å². The molecular weight excluding hydrogens is 531 g/mol. The summed E-state index contributed by atoms with van der Waals surface area (Å²) in [6.45, 7) is 11.7. The maximum Gasteiger partial charge on any atom is 0.410 e. The number of aromatic nitrogens is 3. The van der Waals surface area contributed by atoms with Crippen LogP contribution in [0.5, 0.6) is 0 Å². The van der Waals surface area contributed by atoms with E-state index in [9.17, 15) is 9.59 Å². The number of nitrogens with one attached hydrogen (secondary N) is 1. The number of anilines is 2. The summed E-state index contributed by atoms with van der Waals surface area (Å²) in [6.07, 6.45) is 1.17. The number of amides is 2. The van der Waals surface area contributed by atoms with Gasteiger partial charge in [0.1, 0.15) is 5.60 Å². The van der Waals surface area contributed by atoms with Crippen molar-refractivity contribution in [2.24, 2.45) is 0 Å². The van der Waals surface area contributed by atoms with E-state index in [0.717, 1.165) is 0 Å². The minimum atomic E-state index is -0.600. The lowest BCUT2D eigenvalue weighted by atomic mass is 10.1. The molecule has 0 bridgehead atoms. The fourth-order valence-electron chi connectivity index (χ4n) is 4.41. The molecule has 202 valence electrons. The lowest BCUT2D eigenvalue weighted by Gasteiger charge is -2.44. The predicted octanol–water partition coefficient (Wildman–Crippen LogP) is 5.85. The highest BCUT2D eigenvalue weighted by Crippen LogP contribution is 2.43. The summed E-state index contributed by atoms with van der Waals surface area (Å²) >= 11 is 7.44. The maximum absolute atomic E-state index is 15.6. The van der Waals surface area contributed by atoms with Crippen LogP contribution in [-0.2, 0) is 9.53 Å². The van der Waals surface area contributed by atoms with Crippen LogP contribution in [0.15, 0.2) is 30.5 Å². The molecule has 1 aromatic carbocycles. The van der Waals surface area contributed by atoms with Crippen molar-refractivity contribution in [2.75, 3.05) is 23.3 Å². The van der Waals surface area contributed by atoms with E-state index in [1.54, 1.807) is 23.1 Å². The minimum Gasteiger partial charge on any atom is -0.444 e. The molecule has 3 heterocycles. The van der Waals surface area contributed by atoms with Gasteiger partial charge in [-0.05, 0) is 64.4 Å². The Kier molecular flexibility index (Phi) is 7.89. The number of piperazine rings is 1. The van der Waals surface area contributed by atoms with Crippen molar-refractivity contribution < 1.29 is 18.7 Å². The van der Waals surface area contributed by atoms with Gasteiger partial charge in [-0.3, -0.25) is 4.79 Å². The largest absolute Gasteiger partial charge is 0.444 e. The second-order valence-electron chi connectivity index (χ2n) is 10.2. The van der Waals surface area contributed by atoms with Crippen molar-refractivity contribution >= 4 is 45.8 Å². The van der Waals surface area contributed by atoms with Crippen LogP contribution in [0.3, 0.4) is 0 Å². The molecule has 4 rings (SSSR count). The lowest BCUT2D eigenvalue weighted by molar-refractivity contribution is -0.114. The normalized spacial score (nSPS) is 17.9. The zero-order valence-corrected chi connectivity index (χ0v) is 23.7. The van der Waals surface area contributed by atoms with Crippen LogP contribution in [0, 0.1) is 5.82 Å². The van der Waals surface area contributed by atoms with Crippen LogP contribution >= 0.6 is 22.9 Å². The van der Waals surface area contributed by atoms with Gasteiger partial charge in [0.05, 0.1) is 22.0 Å². The highest BCUT2D eigenvalue weighted by Gasteiger charge is 2.36. The van der Waals surface area contributed by atoms with Gasteiger partial charge >= 0.3 is 6.09 Å². The van der Waals surface area contributed by atoms with Gasteiger partial charge in [0, 0.05) is 43.9 Å². The van der Waals surface area contributed by atoms with E-state index in [4.69, 9.17) is 21.3 Å². The summed E-state index contributed by atoms with van der Waals surface area (Å²) in [5, 5.41) is 3.23. The van der Waals surface area contributed by atoms with Crippen molar-refractivity contribution in [3.05, 3.63) is 41.6 Å². The number of hydrogen-bond acceptors (Lipinski definition) is 8. The quantitative estimate of drug-likeness (QED) is 0.399. The number of nitrogens with zero attached hydrogens (tertiary/aromatic N) is 5. The van der Waals surface area contributed by atoms with Crippen LogP contribution in [0.25, 0.3) is 21.8 Å². The van der Waals surface area contributed by atoms with E-state index in [1.165, 1.54) is 30.5 Å². The monoisotopic (exact) mass is 560 g/mol. The SMILES string of the molecule is CC(=O)Nc1cccc(-c2nc(N3[C@@H](C)CN(C(=O)OC(C)(C)C)C[C@@H]3C)sc2-c2ccnc(Cl)n2)c1F. The molecule has 0 unspecified atom stereocenters. The van der Waals surface area contributed by atoms with Crippen molar-refractivity contribution in [1.82, 2.24) is 19.9 Å². The number of ether oxygens (including phenoxy) is 1. The first-order valence-corrected chi connectivity index (χ1v) is 13.4. The van der Waals surface area contributed by atoms with Gasteiger partial charge in [-0.25, -0.2) is 24.1 Å². The topological polar surface area (TPSA) is 101 Å². The zero-order valence-electron chi connectivity index (χ0n) is 22.1. The third-order valence-electron chi connectivity index (χ3n) is 5.83. The Balaban J connectivity index is 1.75. The third-order valence-corrected chi connectivity index (χ3v) is 7.10. The molecule has 3 aromatic rings. The van der Waals surface area contributed by atoms with Crippen molar-refractivity contribution in [2.45, 2.75) is 59.2 Å². The molecule has 2 amide bonds. The average molecular weight is 561 g/mol. The van der Waals surface area contributed by atoms with Crippen LogP contribution < -0.4 is 10.2 Å². The predicted molar refractivity (Wildman–Crippen MR) is 147 cm³/mol. The Hall–Kier alpha value is -3.31. The van der Waals surface area contributed by atoms with Crippen LogP contribution in [0.1, 0.15) is 41.5 Å². The van der Waals surface area contributed by atoms with Gasteiger partial charge in [0.25, 0.3) is 0 Å². The molecule has 0 radical (unpaired) electrons. The number of carbonyl (C=O) groups is 2. The first-order chi connectivity index (χ1) is 17.8. The van der Waals surface area contributed by atoms with Gasteiger partial charge in [0.15, 0.2) is 10.9 Å². The van der Waals surface area contributed by atoms with E-state index in [2.05, 4.69) is 20.2 Å². The molecule has 1 N–H and O–H groups in total. The van der Waals surface area contributed by atoms with Gasteiger partial charge in [-0.15, -0.1) is 0 Å². The van der Waals surface area contributed by atoms with E-state index in [1.807, 2.05) is 34.6 Å². The van der Waals surface area contributed by atoms with E-state index in [0.29, 0.717) is 34.5 Å². The number of rotatable bonds is 4. The molecule has 1 aliphatic rings. The number of hydrogen-bond donors (Lipinski definition) is 1. The summed E-state index contributed by atoms with van der Waals surface area (Å²) in [6, 6.07) is 6.26. The van der Waals surface area contributed by atoms with E-state index >= 15 is 4.39 Å². The fourth-order valence-corrected chi connectivity index (χ4v) is 5.82. The van der Waals surface area contributed by atoms with E-state index in [-0.39, 0.29) is 40.6 Å². The Bertz CT molecular complexity index is 1350. The summed E-state index contributed by atoms with van der Waals surface area (Å²) in [5.41, 5.74) is 0.563. The van der Waals surface area contributed by atoms with Crippen molar-refractivity contribution in [3.63, 3.8) is 0 Å². The zero-order chi connectivity index (χ0) is 27.8. The smallest absolute Gasteiger partial charge is 0.410 e. The number of thiazole rings is 1. The fraction of sp³-hybridized carbons (Fsp3) is 0.423. The molecule has 0 saturated carbocycles. The minimum absolute atomic E-state index is 0.0589. The Morgan fingerprint density at radius 2 is 1.84 bits per heavy atom. The number of carbonyl (C=O) groups excluding carboxylic acids is 2. The first-order valence-electron chi connectivity index (χ1n) is 12.2. The third kappa shape index (κ3) is 6.05. The summed E-state index contributed by atoms with van der Waals surface area (Å²) in [4.78, 5) is 41.9. The van der Waals surface area contributed by atoms with Gasteiger partial charge in [-0.2, -0.15) is 0 Å². The molecule has 2 atom stereocenters. The molecular formula is C26H30ClFN6O3S. The molecule has 1 fully saturated rings. The van der Waals surface area contributed by atoms with E-state index < -0.39 is 11.4 Å². The molecule has 0 spiro atoms. The van der Waals surface area contributed by atoms with Crippen molar-refractivity contribution in [1.29, 1.82) is 0 Å². The van der Waals surface area contributed by atoms with Crippen molar-refractivity contribution in [3.8, 4) is 21.8 Å². The Labute approximate surface area is 230 Å². The van der Waals surface area contributed by atoms with Gasteiger partial charge < -0.3 is 19.9 Å². The average Bonchev–Trinajstić information content (AvgIpc) is 3.23. The second-order valence-corrected chi connectivity index (χ2v) is 11.5. The molecule has 9 nitrogen and oxygen atoms in total. The van der Waals surface area contributed by atoms with Gasteiger partial charge in [-0.1, -0.05) is 17.4 Å². The van der Waals surface area contributed by atoms with Crippen LogP contribution in [-0.4, -0.2) is 62.6 Å². The first kappa shape index (κ1) is 27.7. The number of halogens is 2. The standard InChI is InChI=1S/C26H30ClFN6O3S/c1-14-12-33(25(36)37-26(4,5)6)13-15(2)34(14)24-32-21(22(38-24)19-10-11-29-23(27)31-19)17-8-7-9-18(20(17)28)30-16(3)35/h7-11,14-15H,12-13H2,1-6H3,(H,30,35)/t14-,15-/m0/s1. The summed E-state index contributed by atoms with van der Waals surface area (Å²) < 4.78 is 21.2. The van der Waals surface area contributed by atoms with Crippen LogP contribution in [0.2, 0.25) is 5.28 Å². The highest BCUT2D eigenvalue weighted by atomic mass is 35.5. The molecule has 1 aliphatic heterocycles. The second kappa shape index (κ2) is 10.8. The molecule has 12 heteroatoms. The summed E-state index contributed by atoms with van der Waals surface area (Å²) in [5.74, 6) is -0.981.